The van der Waals surface area contributed by atoms with E-state index in [2.05, 4.69) is 0 Å². The van der Waals surface area contributed by atoms with Crippen LogP contribution in [0.3, 0.4) is 0 Å². The fraction of sp³-hybridized carbons (Fsp3) is 0.455. The van der Waals surface area contributed by atoms with E-state index in [-0.39, 0.29) is 11.9 Å². The van der Waals surface area contributed by atoms with E-state index in [1.807, 2.05) is 13.8 Å². The van der Waals surface area contributed by atoms with Gasteiger partial charge in [-0.05, 0) is 26.0 Å². The predicted molar refractivity (Wildman–Crippen MR) is 66.3 cm³/mol. The van der Waals surface area contributed by atoms with Crippen molar-refractivity contribution in [3.8, 4) is 0 Å². The molecule has 0 saturated heterocycles. The summed E-state index contributed by atoms with van der Waals surface area (Å²) >= 11 is 4.80. The Morgan fingerprint density at radius 2 is 2.31 bits per heavy atom. The van der Waals surface area contributed by atoms with Crippen LogP contribution in [0.1, 0.15) is 30.8 Å². The Balaban J connectivity index is 2.70. The van der Waals surface area contributed by atoms with E-state index >= 15 is 0 Å². The molecule has 0 saturated carbocycles. The summed E-state index contributed by atoms with van der Waals surface area (Å²) in [6, 6.07) is 3.43. The minimum absolute atomic E-state index is 0.0898. The minimum atomic E-state index is -0.128. The maximum Gasteiger partial charge on any atom is 0.289 e. The van der Waals surface area contributed by atoms with Gasteiger partial charge in [-0.15, -0.1) is 0 Å². The summed E-state index contributed by atoms with van der Waals surface area (Å²) in [5.74, 6) is 0.216. The summed E-state index contributed by atoms with van der Waals surface area (Å²) in [4.78, 5) is 14.1. The van der Waals surface area contributed by atoms with Crippen molar-refractivity contribution in [2.24, 2.45) is 5.73 Å². The molecule has 5 heteroatoms. The largest absolute Gasteiger partial charge is 0.459 e. The van der Waals surface area contributed by atoms with Crippen molar-refractivity contribution < 1.29 is 9.21 Å². The standard InChI is InChI=1S/C11H16N2O2S/c1-8(2)13(6-5-10(12)16)11(14)9-4-3-7-15-9/h3-4,7-8H,5-6H2,1-2H3,(H2,12,16). The van der Waals surface area contributed by atoms with Gasteiger partial charge >= 0.3 is 0 Å². The average Bonchev–Trinajstić information content (AvgIpc) is 2.69. The highest BCUT2D eigenvalue weighted by Crippen LogP contribution is 2.09. The van der Waals surface area contributed by atoms with E-state index < -0.39 is 0 Å². The van der Waals surface area contributed by atoms with E-state index in [9.17, 15) is 4.79 Å². The number of nitrogens with two attached hydrogens (primary N) is 1. The second kappa shape index (κ2) is 5.65. The first kappa shape index (κ1) is 12.7. The normalized spacial score (nSPS) is 10.4. The maximum atomic E-state index is 12.0. The number of nitrogens with zero attached hydrogens (tertiary/aromatic N) is 1. The molecule has 0 fully saturated rings. The fourth-order valence-corrected chi connectivity index (χ4v) is 1.46. The molecule has 1 rings (SSSR count). The predicted octanol–water partition coefficient (Wildman–Crippen LogP) is 1.81. The molecule has 1 aromatic rings. The number of rotatable bonds is 5. The number of thiocarbonyl (C=S) groups is 1. The van der Waals surface area contributed by atoms with Crippen LogP contribution < -0.4 is 5.73 Å². The summed E-state index contributed by atoms with van der Waals surface area (Å²) < 4.78 is 5.08. The van der Waals surface area contributed by atoms with Crippen LogP contribution in [-0.2, 0) is 0 Å². The Labute approximate surface area is 100 Å². The van der Waals surface area contributed by atoms with Gasteiger partial charge < -0.3 is 15.1 Å². The molecule has 0 radical (unpaired) electrons. The van der Waals surface area contributed by atoms with Crippen LogP contribution in [0, 0.1) is 0 Å². The van der Waals surface area contributed by atoms with Gasteiger partial charge in [0.15, 0.2) is 5.76 Å². The second-order valence-electron chi connectivity index (χ2n) is 3.79. The van der Waals surface area contributed by atoms with Crippen LogP contribution in [0.2, 0.25) is 0 Å². The van der Waals surface area contributed by atoms with Crippen molar-refractivity contribution in [2.45, 2.75) is 26.3 Å². The first-order valence-electron chi connectivity index (χ1n) is 5.15. The van der Waals surface area contributed by atoms with E-state index in [1.165, 1.54) is 6.26 Å². The highest BCUT2D eigenvalue weighted by atomic mass is 32.1. The zero-order valence-corrected chi connectivity index (χ0v) is 10.3. The van der Waals surface area contributed by atoms with Crippen LogP contribution in [0.4, 0.5) is 0 Å². The van der Waals surface area contributed by atoms with Crippen LogP contribution in [-0.4, -0.2) is 28.4 Å². The molecule has 1 heterocycles. The van der Waals surface area contributed by atoms with Gasteiger partial charge in [-0.3, -0.25) is 4.79 Å². The Bertz CT molecular complexity index is 360. The maximum absolute atomic E-state index is 12.0. The number of furan rings is 1. The van der Waals surface area contributed by atoms with E-state index in [0.29, 0.717) is 23.7 Å². The number of carbonyl (C=O) groups excluding carboxylic acids is 1. The van der Waals surface area contributed by atoms with Gasteiger partial charge in [-0.25, -0.2) is 0 Å². The molecule has 0 unspecified atom stereocenters. The van der Waals surface area contributed by atoms with Gasteiger partial charge in [0.1, 0.15) is 0 Å². The fourth-order valence-electron chi connectivity index (χ4n) is 1.37. The Hall–Kier alpha value is -1.36. The highest BCUT2D eigenvalue weighted by Gasteiger charge is 2.20. The molecule has 0 aliphatic heterocycles. The Morgan fingerprint density at radius 3 is 2.75 bits per heavy atom. The molecular weight excluding hydrogens is 224 g/mol. The minimum Gasteiger partial charge on any atom is -0.459 e. The molecule has 1 aromatic heterocycles. The molecule has 1 amide bonds. The first-order valence-corrected chi connectivity index (χ1v) is 5.56. The summed E-state index contributed by atoms with van der Waals surface area (Å²) in [5, 5.41) is 0. The molecule has 4 nitrogen and oxygen atoms in total. The van der Waals surface area contributed by atoms with Crippen molar-refractivity contribution in [1.29, 1.82) is 0 Å². The third kappa shape index (κ3) is 3.34. The first-order chi connectivity index (χ1) is 7.52. The van der Waals surface area contributed by atoms with Crippen molar-refractivity contribution in [2.75, 3.05) is 6.54 Å². The summed E-state index contributed by atoms with van der Waals surface area (Å²) in [6.07, 6.45) is 2.01. The smallest absolute Gasteiger partial charge is 0.289 e. The van der Waals surface area contributed by atoms with Crippen LogP contribution >= 0.6 is 12.2 Å². The molecule has 0 aliphatic carbocycles. The molecule has 0 bridgehead atoms. The molecule has 0 aliphatic rings. The molecule has 88 valence electrons. The lowest BCUT2D eigenvalue weighted by Gasteiger charge is -2.25. The highest BCUT2D eigenvalue weighted by molar-refractivity contribution is 7.80. The molecule has 16 heavy (non-hydrogen) atoms. The van der Waals surface area contributed by atoms with Crippen LogP contribution in [0.5, 0.6) is 0 Å². The molecule has 0 aromatic carbocycles. The Morgan fingerprint density at radius 1 is 1.62 bits per heavy atom. The SMILES string of the molecule is CC(C)N(CCC(N)=S)C(=O)c1ccco1. The Kier molecular flexibility index (Phi) is 4.49. The lowest BCUT2D eigenvalue weighted by molar-refractivity contribution is 0.0679. The van der Waals surface area contributed by atoms with Crippen molar-refractivity contribution in [1.82, 2.24) is 4.90 Å². The van der Waals surface area contributed by atoms with E-state index in [1.54, 1.807) is 17.0 Å². The van der Waals surface area contributed by atoms with Crippen molar-refractivity contribution >= 4 is 23.1 Å². The van der Waals surface area contributed by atoms with E-state index in [4.69, 9.17) is 22.4 Å². The number of amides is 1. The lowest BCUT2D eigenvalue weighted by atomic mass is 10.2. The molecule has 2 N–H and O–H groups in total. The second-order valence-corrected chi connectivity index (χ2v) is 4.31. The van der Waals surface area contributed by atoms with Gasteiger partial charge in [-0.2, -0.15) is 0 Å². The van der Waals surface area contributed by atoms with Crippen LogP contribution in [0.15, 0.2) is 22.8 Å². The number of carbonyl (C=O) groups is 1. The molecule has 0 spiro atoms. The zero-order chi connectivity index (χ0) is 12.1. The topological polar surface area (TPSA) is 59.5 Å². The van der Waals surface area contributed by atoms with Crippen molar-refractivity contribution in [3.63, 3.8) is 0 Å². The monoisotopic (exact) mass is 240 g/mol. The summed E-state index contributed by atoms with van der Waals surface area (Å²) in [5.41, 5.74) is 5.43. The van der Waals surface area contributed by atoms with E-state index in [0.717, 1.165) is 0 Å². The number of hydrogen-bond donors (Lipinski definition) is 1. The van der Waals surface area contributed by atoms with Gasteiger partial charge in [-0.1, -0.05) is 12.2 Å². The number of hydrogen-bond acceptors (Lipinski definition) is 3. The van der Waals surface area contributed by atoms with Gasteiger partial charge in [0.25, 0.3) is 5.91 Å². The third-order valence-electron chi connectivity index (χ3n) is 2.22. The van der Waals surface area contributed by atoms with Crippen molar-refractivity contribution in [3.05, 3.63) is 24.2 Å². The average molecular weight is 240 g/mol. The third-order valence-corrected chi connectivity index (χ3v) is 2.42. The quantitative estimate of drug-likeness (QED) is 0.797. The zero-order valence-electron chi connectivity index (χ0n) is 9.47. The van der Waals surface area contributed by atoms with Gasteiger partial charge in [0, 0.05) is 19.0 Å². The van der Waals surface area contributed by atoms with Crippen LogP contribution in [0.25, 0.3) is 0 Å². The molecule has 0 atom stereocenters. The summed E-state index contributed by atoms with van der Waals surface area (Å²) in [7, 11) is 0. The molecular formula is C11H16N2O2S. The van der Waals surface area contributed by atoms with Gasteiger partial charge in [0.05, 0.1) is 11.3 Å². The summed E-state index contributed by atoms with van der Waals surface area (Å²) in [6.45, 7) is 4.41. The van der Waals surface area contributed by atoms with Gasteiger partial charge in [0.2, 0.25) is 0 Å². The lowest BCUT2D eigenvalue weighted by Crippen LogP contribution is -2.38.